The van der Waals surface area contributed by atoms with Gasteiger partial charge in [0, 0.05) is 31.6 Å². The van der Waals surface area contributed by atoms with Gasteiger partial charge in [-0.2, -0.15) is 0 Å². The van der Waals surface area contributed by atoms with Gasteiger partial charge in [-0.05, 0) is 31.6 Å². The Morgan fingerprint density at radius 3 is 2.73 bits per heavy atom. The second kappa shape index (κ2) is 3.48. The summed E-state index contributed by atoms with van der Waals surface area (Å²) in [5, 5.41) is 3.34. The Bertz CT molecular complexity index is 269. The van der Waals surface area contributed by atoms with Crippen LogP contribution in [0, 0.1) is 17.8 Å². The Balaban J connectivity index is 1.64. The van der Waals surface area contributed by atoms with E-state index in [9.17, 15) is 4.79 Å². The van der Waals surface area contributed by atoms with Crippen LogP contribution in [0.25, 0.3) is 0 Å². The van der Waals surface area contributed by atoms with Crippen molar-refractivity contribution in [3.8, 4) is 0 Å². The Hall–Kier alpha value is -0.570. The average molecular weight is 208 g/mol. The highest BCUT2D eigenvalue weighted by Gasteiger charge is 2.57. The topological polar surface area (TPSA) is 32.3 Å². The van der Waals surface area contributed by atoms with Crippen LogP contribution in [0.4, 0.5) is 0 Å². The summed E-state index contributed by atoms with van der Waals surface area (Å²) in [6.45, 7) is 5.00. The molecular weight excluding hydrogens is 188 g/mol. The van der Waals surface area contributed by atoms with Crippen LogP contribution in [0.3, 0.4) is 0 Å². The van der Waals surface area contributed by atoms with Crippen LogP contribution in [0.15, 0.2) is 0 Å². The minimum absolute atomic E-state index is 0.396. The van der Waals surface area contributed by atoms with Crippen molar-refractivity contribution in [2.75, 3.05) is 19.6 Å². The highest BCUT2D eigenvalue weighted by molar-refractivity contribution is 5.83. The first-order valence-electron chi connectivity index (χ1n) is 6.30. The van der Waals surface area contributed by atoms with E-state index in [2.05, 4.69) is 17.1 Å². The van der Waals surface area contributed by atoms with E-state index >= 15 is 0 Å². The molecule has 3 atom stereocenters. The maximum Gasteiger partial charge on any atom is 0.226 e. The van der Waals surface area contributed by atoms with Crippen molar-refractivity contribution in [1.29, 1.82) is 0 Å². The number of fused-ring (bicyclic) bond motifs is 1. The molecule has 1 N–H and O–H groups in total. The standard InChI is InChI=1S/C12H20N2O/c1-8-7-13-5-6-14(8)12(15)11-9-3-2-4-10(9)11/h8-11,13H,2-7H2,1H3. The summed E-state index contributed by atoms with van der Waals surface area (Å²) in [6, 6.07) is 0.396. The molecule has 3 rings (SSSR count). The number of piperazine rings is 1. The molecule has 84 valence electrons. The van der Waals surface area contributed by atoms with E-state index in [1.54, 1.807) is 0 Å². The Kier molecular flexibility index (Phi) is 2.23. The fourth-order valence-corrected chi connectivity index (χ4v) is 3.55. The Morgan fingerprint density at radius 1 is 1.33 bits per heavy atom. The van der Waals surface area contributed by atoms with E-state index in [1.807, 2.05) is 0 Å². The molecule has 1 saturated heterocycles. The fraction of sp³-hybridized carbons (Fsp3) is 0.917. The average Bonchev–Trinajstić information content (AvgIpc) is 2.72. The molecule has 0 bridgehead atoms. The Morgan fingerprint density at radius 2 is 2.07 bits per heavy atom. The monoisotopic (exact) mass is 208 g/mol. The number of hydrogen-bond donors (Lipinski definition) is 1. The summed E-state index contributed by atoms with van der Waals surface area (Å²) in [5.74, 6) is 2.40. The second-order valence-electron chi connectivity index (χ2n) is 5.37. The number of nitrogens with zero attached hydrogens (tertiary/aromatic N) is 1. The predicted molar refractivity (Wildman–Crippen MR) is 58.4 cm³/mol. The molecule has 3 heteroatoms. The molecule has 0 radical (unpaired) electrons. The van der Waals surface area contributed by atoms with Crippen molar-refractivity contribution in [1.82, 2.24) is 10.2 Å². The van der Waals surface area contributed by atoms with E-state index < -0.39 is 0 Å². The number of carbonyl (C=O) groups excluding carboxylic acids is 1. The lowest BCUT2D eigenvalue weighted by molar-refractivity contribution is -0.136. The van der Waals surface area contributed by atoms with Gasteiger partial charge in [-0.25, -0.2) is 0 Å². The molecule has 0 aromatic carbocycles. The minimum atomic E-state index is 0.396. The summed E-state index contributed by atoms with van der Waals surface area (Å²) in [4.78, 5) is 14.4. The van der Waals surface area contributed by atoms with Crippen LogP contribution in [-0.2, 0) is 4.79 Å². The number of nitrogens with one attached hydrogen (secondary N) is 1. The molecule has 0 aromatic rings. The zero-order valence-corrected chi connectivity index (χ0v) is 9.41. The predicted octanol–water partition coefficient (Wildman–Crippen LogP) is 0.853. The third kappa shape index (κ3) is 1.48. The third-order valence-corrected chi connectivity index (χ3v) is 4.48. The molecule has 1 heterocycles. The molecule has 0 spiro atoms. The first kappa shape index (κ1) is 9.64. The molecule has 3 fully saturated rings. The van der Waals surface area contributed by atoms with Crippen molar-refractivity contribution in [2.24, 2.45) is 17.8 Å². The van der Waals surface area contributed by atoms with Crippen molar-refractivity contribution in [3.63, 3.8) is 0 Å². The normalized spacial score (nSPS) is 43.9. The van der Waals surface area contributed by atoms with Gasteiger partial charge in [0.25, 0.3) is 0 Å². The third-order valence-electron chi connectivity index (χ3n) is 4.48. The second-order valence-corrected chi connectivity index (χ2v) is 5.37. The molecule has 2 aliphatic carbocycles. The molecule has 0 aromatic heterocycles. The zero-order chi connectivity index (χ0) is 10.4. The van der Waals surface area contributed by atoms with Crippen LogP contribution in [0.1, 0.15) is 26.2 Å². The van der Waals surface area contributed by atoms with E-state index in [1.165, 1.54) is 19.3 Å². The molecule has 3 aliphatic rings. The van der Waals surface area contributed by atoms with Crippen LogP contribution in [-0.4, -0.2) is 36.5 Å². The first-order chi connectivity index (χ1) is 7.29. The summed E-state index contributed by atoms with van der Waals surface area (Å²) in [7, 11) is 0. The van der Waals surface area contributed by atoms with Gasteiger partial charge < -0.3 is 10.2 Å². The molecule has 1 amide bonds. The van der Waals surface area contributed by atoms with Gasteiger partial charge in [0.1, 0.15) is 0 Å². The van der Waals surface area contributed by atoms with Gasteiger partial charge >= 0.3 is 0 Å². The van der Waals surface area contributed by atoms with Crippen LogP contribution >= 0.6 is 0 Å². The maximum atomic E-state index is 12.3. The molecule has 3 unspecified atom stereocenters. The van der Waals surface area contributed by atoms with E-state index in [4.69, 9.17) is 0 Å². The van der Waals surface area contributed by atoms with Crippen molar-refractivity contribution in [3.05, 3.63) is 0 Å². The number of hydrogen-bond acceptors (Lipinski definition) is 2. The van der Waals surface area contributed by atoms with Gasteiger partial charge in [-0.3, -0.25) is 4.79 Å². The number of rotatable bonds is 1. The lowest BCUT2D eigenvalue weighted by Crippen LogP contribution is -2.53. The maximum absolute atomic E-state index is 12.3. The van der Waals surface area contributed by atoms with E-state index in [0.717, 1.165) is 31.5 Å². The number of amides is 1. The summed E-state index contributed by atoms with van der Waals surface area (Å²) in [5.41, 5.74) is 0. The molecular formula is C12H20N2O. The van der Waals surface area contributed by atoms with Crippen molar-refractivity contribution in [2.45, 2.75) is 32.2 Å². The molecule has 1 aliphatic heterocycles. The van der Waals surface area contributed by atoms with Gasteiger partial charge in [0.05, 0.1) is 0 Å². The summed E-state index contributed by atoms with van der Waals surface area (Å²) in [6.07, 6.45) is 3.97. The van der Waals surface area contributed by atoms with E-state index in [-0.39, 0.29) is 0 Å². The van der Waals surface area contributed by atoms with Gasteiger partial charge in [-0.15, -0.1) is 0 Å². The summed E-state index contributed by atoms with van der Waals surface area (Å²) < 4.78 is 0. The SMILES string of the molecule is CC1CNCCN1C(=O)C1C2CCCC21. The van der Waals surface area contributed by atoms with E-state index in [0.29, 0.717) is 17.9 Å². The molecule has 2 saturated carbocycles. The van der Waals surface area contributed by atoms with Crippen LogP contribution in [0.2, 0.25) is 0 Å². The Labute approximate surface area is 91.2 Å². The minimum Gasteiger partial charge on any atom is -0.337 e. The van der Waals surface area contributed by atoms with Crippen LogP contribution in [0.5, 0.6) is 0 Å². The van der Waals surface area contributed by atoms with Crippen LogP contribution < -0.4 is 5.32 Å². The highest BCUT2D eigenvalue weighted by Crippen LogP contribution is 2.58. The molecule has 15 heavy (non-hydrogen) atoms. The summed E-state index contributed by atoms with van der Waals surface area (Å²) >= 11 is 0. The van der Waals surface area contributed by atoms with Gasteiger partial charge in [-0.1, -0.05) is 6.42 Å². The quantitative estimate of drug-likeness (QED) is 0.693. The van der Waals surface area contributed by atoms with Gasteiger partial charge in [0.2, 0.25) is 5.91 Å². The molecule has 3 nitrogen and oxygen atoms in total. The fourth-order valence-electron chi connectivity index (χ4n) is 3.55. The van der Waals surface area contributed by atoms with Gasteiger partial charge in [0.15, 0.2) is 0 Å². The smallest absolute Gasteiger partial charge is 0.226 e. The lowest BCUT2D eigenvalue weighted by Gasteiger charge is -2.34. The lowest BCUT2D eigenvalue weighted by atomic mass is 10.1. The first-order valence-corrected chi connectivity index (χ1v) is 6.30. The highest BCUT2D eigenvalue weighted by atomic mass is 16.2. The van der Waals surface area contributed by atoms with Crippen molar-refractivity contribution < 1.29 is 4.79 Å². The number of carbonyl (C=O) groups is 1. The van der Waals surface area contributed by atoms with Crippen molar-refractivity contribution >= 4 is 5.91 Å². The zero-order valence-electron chi connectivity index (χ0n) is 9.41. The largest absolute Gasteiger partial charge is 0.337 e.